The first kappa shape index (κ1) is 14.3. The van der Waals surface area contributed by atoms with E-state index >= 15 is 0 Å². The van der Waals surface area contributed by atoms with Gasteiger partial charge in [0.1, 0.15) is 0 Å². The van der Waals surface area contributed by atoms with Crippen LogP contribution in [0.3, 0.4) is 0 Å². The third-order valence-corrected chi connectivity index (χ3v) is 2.07. The third-order valence-electron chi connectivity index (χ3n) is 2.07. The maximum absolute atomic E-state index is 11.7. The molecule has 0 radical (unpaired) electrons. The Bertz CT molecular complexity index is 157. The molecule has 0 fully saturated rings. The quantitative estimate of drug-likeness (QED) is 0.578. The van der Waals surface area contributed by atoms with E-state index < -0.39 is 0 Å². The van der Waals surface area contributed by atoms with Crippen LogP contribution in [-0.2, 0) is 14.3 Å². The van der Waals surface area contributed by atoms with Gasteiger partial charge in [0, 0.05) is 40.3 Å². The Kier molecular flexibility index (Phi) is 9.46. The van der Waals surface area contributed by atoms with Crippen molar-refractivity contribution in [3.05, 3.63) is 0 Å². The number of rotatable bonds is 9. The summed E-state index contributed by atoms with van der Waals surface area (Å²) in [5.74, 6) is 0.137. The van der Waals surface area contributed by atoms with Gasteiger partial charge < -0.3 is 19.7 Å². The van der Waals surface area contributed by atoms with Crippen LogP contribution in [0, 0.1) is 0 Å². The van der Waals surface area contributed by atoms with Crippen molar-refractivity contribution in [2.45, 2.75) is 6.42 Å². The van der Waals surface area contributed by atoms with Crippen LogP contribution in [0.2, 0.25) is 0 Å². The molecular formula is C10H22N2O3. The summed E-state index contributed by atoms with van der Waals surface area (Å²) < 4.78 is 9.91. The summed E-state index contributed by atoms with van der Waals surface area (Å²) in [6.45, 7) is 3.09. The van der Waals surface area contributed by atoms with Gasteiger partial charge in [-0.15, -0.1) is 0 Å². The van der Waals surface area contributed by atoms with Crippen molar-refractivity contribution >= 4 is 5.91 Å². The average Bonchev–Trinajstić information content (AvgIpc) is 2.26. The Morgan fingerprint density at radius 3 is 2.13 bits per heavy atom. The molecule has 0 aromatic heterocycles. The van der Waals surface area contributed by atoms with Gasteiger partial charge in [0.25, 0.3) is 0 Å². The molecule has 0 saturated carbocycles. The van der Waals surface area contributed by atoms with Gasteiger partial charge in [0.2, 0.25) is 5.91 Å². The molecule has 0 heterocycles. The number of hydrogen-bond donors (Lipinski definition) is 1. The molecule has 15 heavy (non-hydrogen) atoms. The predicted octanol–water partition coefficient (Wildman–Crippen LogP) is -0.283. The monoisotopic (exact) mass is 218 g/mol. The molecule has 1 N–H and O–H groups in total. The highest BCUT2D eigenvalue weighted by Crippen LogP contribution is 1.94. The lowest BCUT2D eigenvalue weighted by Gasteiger charge is -2.21. The molecule has 0 saturated heterocycles. The standard InChI is InChI=1S/C10H22N2O3/c1-11-5-4-10(13)12(6-8-14-2)7-9-15-3/h11H,4-9H2,1-3H3. The summed E-state index contributed by atoms with van der Waals surface area (Å²) in [6, 6.07) is 0. The lowest BCUT2D eigenvalue weighted by molar-refractivity contribution is -0.132. The minimum atomic E-state index is 0.137. The maximum atomic E-state index is 11.7. The number of methoxy groups -OCH3 is 2. The average molecular weight is 218 g/mol. The lowest BCUT2D eigenvalue weighted by atomic mass is 10.3. The van der Waals surface area contributed by atoms with E-state index in [9.17, 15) is 4.79 Å². The molecule has 0 bridgehead atoms. The van der Waals surface area contributed by atoms with E-state index in [0.29, 0.717) is 39.3 Å². The van der Waals surface area contributed by atoms with E-state index in [0.717, 1.165) is 0 Å². The molecule has 5 heteroatoms. The summed E-state index contributed by atoms with van der Waals surface area (Å²) in [7, 11) is 5.10. The van der Waals surface area contributed by atoms with E-state index in [-0.39, 0.29) is 5.91 Å². The highest BCUT2D eigenvalue weighted by Gasteiger charge is 2.11. The van der Waals surface area contributed by atoms with Crippen molar-refractivity contribution in [1.82, 2.24) is 10.2 Å². The molecule has 0 aliphatic rings. The molecule has 0 rings (SSSR count). The summed E-state index contributed by atoms with van der Waals surface area (Å²) in [6.07, 6.45) is 0.518. The fourth-order valence-electron chi connectivity index (χ4n) is 1.15. The van der Waals surface area contributed by atoms with Crippen LogP contribution in [0.4, 0.5) is 0 Å². The van der Waals surface area contributed by atoms with Crippen molar-refractivity contribution in [3.8, 4) is 0 Å². The molecule has 5 nitrogen and oxygen atoms in total. The zero-order valence-electron chi connectivity index (χ0n) is 9.91. The van der Waals surface area contributed by atoms with Crippen LogP contribution >= 0.6 is 0 Å². The van der Waals surface area contributed by atoms with Crippen LogP contribution in [0.15, 0.2) is 0 Å². The van der Waals surface area contributed by atoms with E-state index in [1.54, 1.807) is 19.1 Å². The minimum Gasteiger partial charge on any atom is -0.383 e. The van der Waals surface area contributed by atoms with Gasteiger partial charge in [-0.05, 0) is 7.05 Å². The molecule has 90 valence electrons. The lowest BCUT2D eigenvalue weighted by Crippen LogP contribution is -2.37. The molecule has 0 aromatic carbocycles. The highest BCUT2D eigenvalue weighted by molar-refractivity contribution is 5.76. The Morgan fingerprint density at radius 1 is 1.20 bits per heavy atom. The Balaban J connectivity index is 3.90. The number of carbonyl (C=O) groups excluding carboxylic acids is 1. The Hall–Kier alpha value is -0.650. The maximum Gasteiger partial charge on any atom is 0.224 e. The normalized spacial score (nSPS) is 10.3. The summed E-state index contributed by atoms with van der Waals surface area (Å²) in [4.78, 5) is 13.5. The second-order valence-corrected chi connectivity index (χ2v) is 3.22. The van der Waals surface area contributed by atoms with Crippen LogP contribution in [0.1, 0.15) is 6.42 Å². The number of ether oxygens (including phenoxy) is 2. The van der Waals surface area contributed by atoms with Gasteiger partial charge >= 0.3 is 0 Å². The second-order valence-electron chi connectivity index (χ2n) is 3.22. The fraction of sp³-hybridized carbons (Fsp3) is 0.900. The van der Waals surface area contributed by atoms with Crippen LogP contribution in [0.5, 0.6) is 0 Å². The SMILES string of the molecule is CNCCC(=O)N(CCOC)CCOC. The smallest absolute Gasteiger partial charge is 0.224 e. The Morgan fingerprint density at radius 2 is 1.73 bits per heavy atom. The van der Waals surface area contributed by atoms with E-state index in [4.69, 9.17) is 9.47 Å². The highest BCUT2D eigenvalue weighted by atomic mass is 16.5. The number of carbonyl (C=O) groups is 1. The van der Waals surface area contributed by atoms with Gasteiger partial charge in [0.15, 0.2) is 0 Å². The molecule has 0 aromatic rings. The van der Waals surface area contributed by atoms with Gasteiger partial charge in [-0.3, -0.25) is 4.79 Å². The van der Waals surface area contributed by atoms with E-state index in [2.05, 4.69) is 5.32 Å². The zero-order chi connectivity index (χ0) is 11.5. The van der Waals surface area contributed by atoms with Gasteiger partial charge in [-0.2, -0.15) is 0 Å². The number of nitrogens with zero attached hydrogens (tertiary/aromatic N) is 1. The minimum absolute atomic E-state index is 0.137. The van der Waals surface area contributed by atoms with Crippen molar-refractivity contribution in [2.24, 2.45) is 0 Å². The van der Waals surface area contributed by atoms with Gasteiger partial charge in [0.05, 0.1) is 13.2 Å². The largest absolute Gasteiger partial charge is 0.383 e. The molecule has 0 aliphatic heterocycles. The number of amides is 1. The first-order valence-electron chi connectivity index (χ1n) is 5.16. The number of hydrogen-bond acceptors (Lipinski definition) is 4. The van der Waals surface area contributed by atoms with Gasteiger partial charge in [-0.1, -0.05) is 0 Å². The Labute approximate surface area is 91.7 Å². The zero-order valence-corrected chi connectivity index (χ0v) is 9.91. The van der Waals surface area contributed by atoms with Gasteiger partial charge in [-0.25, -0.2) is 0 Å². The number of nitrogens with one attached hydrogen (secondary N) is 1. The summed E-state index contributed by atoms with van der Waals surface area (Å²) in [5, 5.41) is 2.96. The topological polar surface area (TPSA) is 50.8 Å². The molecule has 0 atom stereocenters. The molecular weight excluding hydrogens is 196 g/mol. The predicted molar refractivity (Wildman–Crippen MR) is 58.9 cm³/mol. The van der Waals surface area contributed by atoms with Crippen LogP contribution < -0.4 is 5.32 Å². The van der Waals surface area contributed by atoms with Crippen molar-refractivity contribution in [2.75, 3.05) is 54.1 Å². The molecule has 0 aliphatic carbocycles. The van der Waals surface area contributed by atoms with Crippen molar-refractivity contribution < 1.29 is 14.3 Å². The van der Waals surface area contributed by atoms with Crippen molar-refractivity contribution in [3.63, 3.8) is 0 Å². The third kappa shape index (κ3) is 7.30. The van der Waals surface area contributed by atoms with E-state index in [1.165, 1.54) is 0 Å². The fourth-order valence-corrected chi connectivity index (χ4v) is 1.15. The van der Waals surface area contributed by atoms with E-state index in [1.807, 2.05) is 7.05 Å². The second kappa shape index (κ2) is 9.89. The molecule has 0 spiro atoms. The first-order chi connectivity index (χ1) is 7.26. The van der Waals surface area contributed by atoms with Crippen molar-refractivity contribution in [1.29, 1.82) is 0 Å². The first-order valence-corrected chi connectivity index (χ1v) is 5.16. The van der Waals surface area contributed by atoms with Crippen LogP contribution in [-0.4, -0.2) is 64.9 Å². The molecule has 0 unspecified atom stereocenters. The summed E-state index contributed by atoms with van der Waals surface area (Å²) in [5.41, 5.74) is 0. The molecule has 1 amide bonds. The van der Waals surface area contributed by atoms with Crippen LogP contribution in [0.25, 0.3) is 0 Å². The summed E-state index contributed by atoms with van der Waals surface area (Å²) >= 11 is 0.